The zero-order chi connectivity index (χ0) is 13.7. The molecule has 98 valence electrons. The molecule has 0 aromatic heterocycles. The molecule has 0 heterocycles. The van der Waals surface area contributed by atoms with Crippen LogP contribution in [0.5, 0.6) is 0 Å². The van der Waals surface area contributed by atoms with E-state index in [2.05, 4.69) is 0 Å². The van der Waals surface area contributed by atoms with E-state index in [0.29, 0.717) is 4.90 Å². The van der Waals surface area contributed by atoms with Gasteiger partial charge in [-0.25, -0.2) is 9.00 Å². The molecule has 0 spiro atoms. The third-order valence-electron chi connectivity index (χ3n) is 2.21. The van der Waals surface area contributed by atoms with Crippen molar-refractivity contribution in [1.29, 1.82) is 0 Å². The number of hydrogen-bond donors (Lipinski definition) is 1. The van der Waals surface area contributed by atoms with Crippen molar-refractivity contribution in [3.8, 4) is 0 Å². The zero-order valence-electron chi connectivity index (χ0n) is 9.93. The molecule has 2 aromatic carbocycles. The highest BCUT2D eigenvalue weighted by Crippen LogP contribution is 2.26. The number of nitrogens with two attached hydrogens (primary N) is 1. The van der Waals surface area contributed by atoms with Gasteiger partial charge >= 0.3 is 6.03 Å². The van der Waals surface area contributed by atoms with Crippen LogP contribution in [-0.2, 0) is 11.0 Å². The summed E-state index contributed by atoms with van der Waals surface area (Å²) in [6.45, 7) is 0. The van der Waals surface area contributed by atoms with E-state index in [9.17, 15) is 9.00 Å². The number of urea groups is 1. The standard InChI is InChI=1S/C13H12N2O2S2/c14-13(16)15(18-11-7-3-1-4-8-11)19(17)12-9-5-2-6-10-12/h1-10H,(H2,14,16). The molecule has 0 aliphatic carbocycles. The van der Waals surface area contributed by atoms with Crippen LogP contribution in [0.3, 0.4) is 0 Å². The third kappa shape index (κ3) is 3.59. The van der Waals surface area contributed by atoms with Gasteiger partial charge in [-0.05, 0) is 24.3 Å². The number of amides is 2. The molecule has 2 rings (SSSR count). The van der Waals surface area contributed by atoms with Crippen LogP contribution < -0.4 is 5.73 Å². The summed E-state index contributed by atoms with van der Waals surface area (Å²) < 4.78 is 13.4. The summed E-state index contributed by atoms with van der Waals surface area (Å²) in [5, 5.41) is 0. The number of primary amides is 1. The first-order valence-corrected chi connectivity index (χ1v) is 7.36. The fourth-order valence-corrected chi connectivity index (χ4v) is 3.46. The molecule has 0 bridgehead atoms. The highest BCUT2D eigenvalue weighted by atomic mass is 32.2. The molecule has 1 atom stereocenters. The first kappa shape index (κ1) is 13.6. The van der Waals surface area contributed by atoms with Gasteiger partial charge in [-0.2, -0.15) is 3.71 Å². The molecule has 0 saturated heterocycles. The van der Waals surface area contributed by atoms with Crippen molar-refractivity contribution in [2.24, 2.45) is 5.73 Å². The maximum atomic E-state index is 12.3. The minimum absolute atomic E-state index is 0.532. The van der Waals surface area contributed by atoms with E-state index in [4.69, 9.17) is 5.73 Å². The Morgan fingerprint density at radius 2 is 1.53 bits per heavy atom. The Balaban J connectivity index is 2.22. The quantitative estimate of drug-likeness (QED) is 0.881. The molecule has 0 fully saturated rings. The second kappa shape index (κ2) is 6.40. The predicted molar refractivity (Wildman–Crippen MR) is 76.6 cm³/mol. The monoisotopic (exact) mass is 292 g/mol. The van der Waals surface area contributed by atoms with Gasteiger partial charge in [0, 0.05) is 16.8 Å². The summed E-state index contributed by atoms with van der Waals surface area (Å²) in [4.78, 5) is 12.8. The van der Waals surface area contributed by atoms with Gasteiger partial charge in [0.25, 0.3) is 0 Å². The minimum atomic E-state index is -1.63. The van der Waals surface area contributed by atoms with Crippen LogP contribution >= 0.6 is 11.9 Å². The van der Waals surface area contributed by atoms with Crippen LogP contribution in [0.25, 0.3) is 0 Å². The molecule has 1 unspecified atom stereocenters. The fraction of sp³-hybridized carbons (Fsp3) is 0. The van der Waals surface area contributed by atoms with Crippen molar-refractivity contribution >= 4 is 29.0 Å². The zero-order valence-corrected chi connectivity index (χ0v) is 11.6. The van der Waals surface area contributed by atoms with Crippen LogP contribution in [0.15, 0.2) is 70.5 Å². The Kier molecular flexibility index (Phi) is 4.59. The van der Waals surface area contributed by atoms with Crippen LogP contribution in [0, 0.1) is 0 Å². The van der Waals surface area contributed by atoms with E-state index in [-0.39, 0.29) is 0 Å². The summed E-state index contributed by atoms with van der Waals surface area (Å²) >= 11 is 1.06. The van der Waals surface area contributed by atoms with E-state index in [1.54, 1.807) is 24.3 Å². The summed E-state index contributed by atoms with van der Waals surface area (Å²) in [5.41, 5.74) is 5.30. The van der Waals surface area contributed by atoms with Crippen LogP contribution in [0.1, 0.15) is 0 Å². The lowest BCUT2D eigenvalue weighted by Crippen LogP contribution is -2.31. The number of rotatable bonds is 4. The second-order valence-electron chi connectivity index (χ2n) is 3.56. The SMILES string of the molecule is NC(=O)N(Sc1ccccc1)S(=O)c1ccccc1. The van der Waals surface area contributed by atoms with E-state index in [1.807, 2.05) is 36.4 Å². The molecule has 2 N–H and O–H groups in total. The average molecular weight is 292 g/mol. The van der Waals surface area contributed by atoms with Crippen molar-refractivity contribution in [2.45, 2.75) is 9.79 Å². The molecule has 0 aliphatic heterocycles. The lowest BCUT2D eigenvalue weighted by atomic mass is 10.4. The lowest BCUT2D eigenvalue weighted by molar-refractivity contribution is 0.246. The third-order valence-corrected chi connectivity index (χ3v) is 4.82. The lowest BCUT2D eigenvalue weighted by Gasteiger charge is -2.17. The summed E-state index contributed by atoms with van der Waals surface area (Å²) in [6.07, 6.45) is 0. The number of benzene rings is 2. The highest BCUT2D eigenvalue weighted by molar-refractivity contribution is 8.07. The number of hydrogen-bond acceptors (Lipinski definition) is 3. The fourth-order valence-electron chi connectivity index (χ4n) is 1.37. The molecule has 4 nitrogen and oxygen atoms in total. The Hall–Kier alpha value is -1.79. The highest BCUT2D eigenvalue weighted by Gasteiger charge is 2.20. The Morgan fingerprint density at radius 1 is 1.00 bits per heavy atom. The van der Waals surface area contributed by atoms with Gasteiger partial charge in [0.2, 0.25) is 0 Å². The Bertz CT molecular complexity index is 576. The maximum Gasteiger partial charge on any atom is 0.337 e. The van der Waals surface area contributed by atoms with Crippen LogP contribution in [0.4, 0.5) is 4.79 Å². The molecule has 2 aromatic rings. The normalized spacial score (nSPS) is 11.8. The largest absolute Gasteiger partial charge is 0.350 e. The van der Waals surface area contributed by atoms with Crippen molar-refractivity contribution < 1.29 is 9.00 Å². The smallest absolute Gasteiger partial charge is 0.337 e. The maximum absolute atomic E-state index is 12.3. The van der Waals surface area contributed by atoms with Crippen LogP contribution in [-0.4, -0.2) is 14.0 Å². The molecule has 19 heavy (non-hydrogen) atoms. The first-order chi connectivity index (χ1) is 9.18. The van der Waals surface area contributed by atoms with Crippen LogP contribution in [0.2, 0.25) is 0 Å². The summed E-state index contributed by atoms with van der Waals surface area (Å²) in [7, 11) is -1.63. The van der Waals surface area contributed by atoms with Gasteiger partial charge < -0.3 is 5.73 Å². The molecule has 2 amide bonds. The molecular formula is C13H12N2O2S2. The number of nitrogens with zero attached hydrogens (tertiary/aromatic N) is 1. The molecular weight excluding hydrogens is 280 g/mol. The average Bonchev–Trinajstić information content (AvgIpc) is 2.46. The van der Waals surface area contributed by atoms with E-state index >= 15 is 0 Å². The molecule has 6 heteroatoms. The Labute approximate surface area is 118 Å². The first-order valence-electron chi connectivity index (χ1n) is 5.48. The van der Waals surface area contributed by atoms with Gasteiger partial charge in [0.15, 0.2) is 11.0 Å². The summed E-state index contributed by atoms with van der Waals surface area (Å²) in [6, 6.07) is 17.2. The van der Waals surface area contributed by atoms with Crippen molar-refractivity contribution in [3.63, 3.8) is 0 Å². The van der Waals surface area contributed by atoms with Gasteiger partial charge in [0.1, 0.15) is 0 Å². The topological polar surface area (TPSA) is 63.4 Å². The summed E-state index contributed by atoms with van der Waals surface area (Å²) in [5.74, 6) is 0. The second-order valence-corrected chi connectivity index (χ2v) is 6.15. The van der Waals surface area contributed by atoms with E-state index in [1.165, 1.54) is 0 Å². The minimum Gasteiger partial charge on any atom is -0.350 e. The van der Waals surface area contributed by atoms with E-state index in [0.717, 1.165) is 20.6 Å². The predicted octanol–water partition coefficient (Wildman–Crippen LogP) is 2.80. The van der Waals surface area contributed by atoms with Gasteiger partial charge in [-0.3, -0.25) is 0 Å². The molecule has 0 radical (unpaired) electrons. The Morgan fingerprint density at radius 3 is 2.05 bits per heavy atom. The van der Waals surface area contributed by atoms with E-state index < -0.39 is 17.0 Å². The number of carbonyl (C=O) groups is 1. The van der Waals surface area contributed by atoms with Crippen molar-refractivity contribution in [2.75, 3.05) is 0 Å². The van der Waals surface area contributed by atoms with Gasteiger partial charge in [-0.15, -0.1) is 0 Å². The van der Waals surface area contributed by atoms with Crippen molar-refractivity contribution in [3.05, 3.63) is 60.7 Å². The van der Waals surface area contributed by atoms with Gasteiger partial charge in [-0.1, -0.05) is 36.4 Å². The molecule has 0 aliphatic rings. The van der Waals surface area contributed by atoms with Gasteiger partial charge in [0.05, 0.1) is 4.90 Å². The number of carbonyl (C=O) groups excluding carboxylic acids is 1. The van der Waals surface area contributed by atoms with Crippen molar-refractivity contribution in [1.82, 2.24) is 3.71 Å². The molecule has 0 saturated carbocycles.